The molecule has 0 aliphatic rings. The quantitative estimate of drug-likeness (QED) is 0.482. The van der Waals surface area contributed by atoms with Gasteiger partial charge in [0.2, 0.25) is 5.95 Å². The van der Waals surface area contributed by atoms with Gasteiger partial charge in [-0.1, -0.05) is 46.1 Å². The fraction of sp³-hybridized carbons (Fsp3) is 0.273. The second kappa shape index (κ2) is 8.12. The van der Waals surface area contributed by atoms with Gasteiger partial charge in [-0.15, -0.1) is 11.3 Å². The molecule has 0 unspecified atom stereocenters. The first-order valence-electron chi connectivity index (χ1n) is 9.17. The van der Waals surface area contributed by atoms with Gasteiger partial charge in [-0.25, -0.2) is 4.98 Å². The largest absolute Gasteiger partial charge is 0.324 e. The van der Waals surface area contributed by atoms with Crippen molar-refractivity contribution >= 4 is 39.8 Å². The lowest BCUT2D eigenvalue weighted by Gasteiger charge is -2.18. The minimum absolute atomic E-state index is 0.195. The molecule has 0 saturated heterocycles. The number of aromatic amines is 1. The molecular formula is C22H26N4OS. The van der Waals surface area contributed by atoms with Crippen molar-refractivity contribution in [3.05, 3.63) is 64.9 Å². The number of thiophene rings is 1. The number of carbonyl (C=O) groups excluding carboxylic acids is 1. The fourth-order valence-corrected chi connectivity index (χ4v) is 3.58. The molecule has 3 aromatic rings. The first-order chi connectivity index (χ1) is 13.2. The molecule has 2 heterocycles. The molecule has 0 bridgehead atoms. The number of nitrogens with one attached hydrogen (secondary N) is 3. The molecule has 0 radical (unpaired) electrons. The zero-order valence-corrected chi connectivity index (χ0v) is 17.4. The van der Waals surface area contributed by atoms with Crippen molar-refractivity contribution in [1.29, 1.82) is 0 Å². The van der Waals surface area contributed by atoms with Gasteiger partial charge in [-0.2, -0.15) is 0 Å². The Labute approximate surface area is 169 Å². The van der Waals surface area contributed by atoms with Crippen molar-refractivity contribution < 1.29 is 4.79 Å². The second-order valence-corrected chi connectivity index (χ2v) is 9.03. The topological polar surface area (TPSA) is 69.8 Å². The van der Waals surface area contributed by atoms with Gasteiger partial charge in [-0.05, 0) is 40.8 Å². The van der Waals surface area contributed by atoms with E-state index in [1.165, 1.54) is 16.9 Å². The molecule has 0 aliphatic heterocycles. The van der Waals surface area contributed by atoms with Crippen molar-refractivity contribution in [2.45, 2.75) is 27.3 Å². The Bertz CT molecular complexity index is 1020. The van der Waals surface area contributed by atoms with Crippen molar-refractivity contribution in [2.24, 2.45) is 5.41 Å². The van der Waals surface area contributed by atoms with Crippen LogP contribution in [0.5, 0.6) is 0 Å². The van der Waals surface area contributed by atoms with E-state index in [1.54, 1.807) is 12.1 Å². The van der Waals surface area contributed by atoms with Crippen LogP contribution in [-0.4, -0.2) is 22.4 Å². The van der Waals surface area contributed by atoms with Crippen LogP contribution in [0.1, 0.15) is 40.9 Å². The molecular weight excluding hydrogens is 368 g/mol. The normalized spacial score (nSPS) is 11.5. The highest BCUT2D eigenvalue weighted by Gasteiger charge is 2.13. The summed E-state index contributed by atoms with van der Waals surface area (Å²) < 4.78 is 0. The first kappa shape index (κ1) is 20.0. The summed E-state index contributed by atoms with van der Waals surface area (Å²) in [5.41, 5.74) is 3.94. The molecule has 28 heavy (non-hydrogen) atoms. The maximum Gasteiger partial charge on any atom is 0.268 e. The molecule has 0 spiro atoms. The van der Waals surface area contributed by atoms with Crippen LogP contribution in [0.3, 0.4) is 0 Å². The molecule has 6 heteroatoms. The van der Waals surface area contributed by atoms with Crippen LogP contribution in [0.25, 0.3) is 16.6 Å². The average Bonchev–Trinajstić information content (AvgIpc) is 3.26. The molecule has 146 valence electrons. The fourth-order valence-electron chi connectivity index (χ4n) is 2.71. The Kier molecular flexibility index (Phi) is 5.82. The SMILES string of the molecule is C=CC(=C)c1ccc(C(=O)Nc2nc3ccc(CNCC(C)(C)C)cc3[nH]2)s1. The number of aromatic nitrogens is 2. The summed E-state index contributed by atoms with van der Waals surface area (Å²) in [6, 6.07) is 9.74. The molecule has 0 saturated carbocycles. The highest BCUT2D eigenvalue weighted by Crippen LogP contribution is 2.25. The third kappa shape index (κ3) is 4.97. The summed E-state index contributed by atoms with van der Waals surface area (Å²) in [5.74, 6) is 0.247. The number of nitrogens with zero attached hydrogens (tertiary/aromatic N) is 1. The Hall–Kier alpha value is -2.70. The molecule has 2 aromatic heterocycles. The summed E-state index contributed by atoms with van der Waals surface area (Å²) >= 11 is 1.38. The lowest BCUT2D eigenvalue weighted by molar-refractivity contribution is 0.103. The van der Waals surface area contributed by atoms with Crippen molar-refractivity contribution in [2.75, 3.05) is 11.9 Å². The maximum absolute atomic E-state index is 12.5. The van der Waals surface area contributed by atoms with E-state index < -0.39 is 0 Å². The molecule has 0 fully saturated rings. The summed E-state index contributed by atoms with van der Waals surface area (Å²) in [6.07, 6.45) is 1.68. The zero-order valence-electron chi connectivity index (χ0n) is 16.6. The van der Waals surface area contributed by atoms with Crippen molar-refractivity contribution in [1.82, 2.24) is 15.3 Å². The number of rotatable bonds is 7. The summed E-state index contributed by atoms with van der Waals surface area (Å²) in [7, 11) is 0. The Balaban J connectivity index is 1.68. The minimum Gasteiger partial charge on any atom is -0.324 e. The smallest absolute Gasteiger partial charge is 0.268 e. The van der Waals surface area contributed by atoms with E-state index in [0.29, 0.717) is 10.8 Å². The molecule has 0 atom stereocenters. The van der Waals surface area contributed by atoms with Gasteiger partial charge >= 0.3 is 0 Å². The number of benzene rings is 1. The van der Waals surface area contributed by atoms with Gasteiger partial charge < -0.3 is 10.3 Å². The van der Waals surface area contributed by atoms with Gasteiger partial charge in [0, 0.05) is 18.0 Å². The Morgan fingerprint density at radius 2 is 2.00 bits per heavy atom. The highest BCUT2D eigenvalue weighted by atomic mass is 32.1. The number of amides is 1. The van der Waals surface area contributed by atoms with Crippen LogP contribution >= 0.6 is 11.3 Å². The number of allylic oxidation sites excluding steroid dienone is 2. The third-order valence-electron chi connectivity index (χ3n) is 4.16. The van der Waals surface area contributed by atoms with Crippen LogP contribution in [0.15, 0.2) is 49.6 Å². The molecule has 5 nitrogen and oxygen atoms in total. The number of hydrogen-bond donors (Lipinski definition) is 3. The summed E-state index contributed by atoms with van der Waals surface area (Å²) in [6.45, 7) is 16.0. The first-order valence-corrected chi connectivity index (χ1v) is 9.99. The average molecular weight is 395 g/mol. The van der Waals surface area contributed by atoms with E-state index in [-0.39, 0.29) is 11.3 Å². The van der Waals surface area contributed by atoms with Gasteiger partial charge in [0.15, 0.2) is 0 Å². The van der Waals surface area contributed by atoms with Crippen molar-refractivity contribution in [3.63, 3.8) is 0 Å². The molecule has 1 aromatic carbocycles. The standard InChI is InChI=1S/C22H26N4OS/c1-6-14(2)18-9-10-19(28-18)20(27)26-21-24-16-8-7-15(11-17(16)25-21)12-23-13-22(3,4)5/h6-11,23H,1-2,12-13H2,3-5H3,(H2,24,25,26,27). The third-order valence-corrected chi connectivity index (χ3v) is 5.31. The molecule has 3 N–H and O–H groups in total. The highest BCUT2D eigenvalue weighted by molar-refractivity contribution is 7.15. The van der Waals surface area contributed by atoms with Crippen LogP contribution in [0, 0.1) is 5.41 Å². The minimum atomic E-state index is -0.195. The van der Waals surface area contributed by atoms with E-state index in [9.17, 15) is 4.79 Å². The lowest BCUT2D eigenvalue weighted by atomic mass is 9.97. The number of hydrogen-bond acceptors (Lipinski definition) is 4. The van der Waals surface area contributed by atoms with Crippen molar-refractivity contribution in [3.8, 4) is 0 Å². The Morgan fingerprint density at radius 1 is 1.25 bits per heavy atom. The number of anilines is 1. The predicted octanol–water partition coefficient (Wildman–Crippen LogP) is 5.21. The van der Waals surface area contributed by atoms with E-state index in [2.05, 4.69) is 66.7 Å². The van der Waals surface area contributed by atoms with Gasteiger partial charge in [0.25, 0.3) is 5.91 Å². The van der Waals surface area contributed by atoms with Gasteiger partial charge in [0.1, 0.15) is 0 Å². The molecule has 0 aliphatic carbocycles. The van der Waals surface area contributed by atoms with E-state index in [1.807, 2.05) is 12.1 Å². The zero-order chi connectivity index (χ0) is 20.3. The number of imidazole rings is 1. The van der Waals surface area contributed by atoms with Crippen LogP contribution < -0.4 is 10.6 Å². The van der Waals surface area contributed by atoms with E-state index in [4.69, 9.17) is 0 Å². The monoisotopic (exact) mass is 394 g/mol. The van der Waals surface area contributed by atoms with Crippen LogP contribution in [0.4, 0.5) is 5.95 Å². The maximum atomic E-state index is 12.5. The number of H-pyrrole nitrogens is 1. The number of fused-ring (bicyclic) bond motifs is 1. The Morgan fingerprint density at radius 3 is 2.71 bits per heavy atom. The second-order valence-electron chi connectivity index (χ2n) is 7.95. The van der Waals surface area contributed by atoms with E-state index in [0.717, 1.165) is 34.6 Å². The van der Waals surface area contributed by atoms with E-state index >= 15 is 0 Å². The van der Waals surface area contributed by atoms with Gasteiger partial charge in [-0.3, -0.25) is 10.1 Å². The predicted molar refractivity (Wildman–Crippen MR) is 119 cm³/mol. The summed E-state index contributed by atoms with van der Waals surface area (Å²) in [4.78, 5) is 21.7. The summed E-state index contributed by atoms with van der Waals surface area (Å²) in [5, 5.41) is 6.30. The lowest BCUT2D eigenvalue weighted by Crippen LogP contribution is -2.26. The molecule has 3 rings (SSSR count). The van der Waals surface area contributed by atoms with Crippen LogP contribution in [0.2, 0.25) is 0 Å². The molecule has 1 amide bonds. The van der Waals surface area contributed by atoms with Crippen LogP contribution in [-0.2, 0) is 6.54 Å². The number of carbonyl (C=O) groups is 1. The van der Waals surface area contributed by atoms with Gasteiger partial charge in [0.05, 0.1) is 15.9 Å².